The van der Waals surface area contributed by atoms with Crippen LogP contribution in [-0.2, 0) is 4.79 Å². The van der Waals surface area contributed by atoms with E-state index in [4.69, 9.17) is 4.74 Å². The topological polar surface area (TPSA) is 58.6 Å². The van der Waals surface area contributed by atoms with Crippen LogP contribution in [0, 0.1) is 5.92 Å². The Kier molecular flexibility index (Phi) is 5.53. The quantitative estimate of drug-likeness (QED) is 0.829. The summed E-state index contributed by atoms with van der Waals surface area (Å²) in [6.07, 6.45) is 11.3. The second-order valence-electron chi connectivity index (χ2n) is 7.19. The third-order valence-corrected chi connectivity index (χ3v) is 5.03. The van der Waals surface area contributed by atoms with E-state index in [2.05, 4.69) is 9.97 Å². The lowest BCUT2D eigenvalue weighted by atomic mass is 9.87. The van der Waals surface area contributed by atoms with Crippen molar-refractivity contribution in [2.45, 2.75) is 51.0 Å². The SMILES string of the molecule is CN(C)c1cncc(OC2CCN(C(=O)CC3CCCCC3)C2)n1. The van der Waals surface area contributed by atoms with Gasteiger partial charge < -0.3 is 14.5 Å². The van der Waals surface area contributed by atoms with Gasteiger partial charge in [0.1, 0.15) is 6.10 Å². The average molecular weight is 332 g/mol. The number of rotatable bonds is 5. The van der Waals surface area contributed by atoms with Crippen molar-refractivity contribution in [3.05, 3.63) is 12.4 Å². The monoisotopic (exact) mass is 332 g/mol. The molecule has 0 bridgehead atoms. The van der Waals surface area contributed by atoms with Gasteiger partial charge in [-0.2, -0.15) is 4.98 Å². The fourth-order valence-corrected chi connectivity index (χ4v) is 3.60. The van der Waals surface area contributed by atoms with E-state index in [1.165, 1.54) is 32.1 Å². The van der Waals surface area contributed by atoms with Gasteiger partial charge in [0.05, 0.1) is 18.9 Å². The zero-order chi connectivity index (χ0) is 16.9. The summed E-state index contributed by atoms with van der Waals surface area (Å²) < 4.78 is 5.94. The maximum Gasteiger partial charge on any atom is 0.234 e. The van der Waals surface area contributed by atoms with Gasteiger partial charge >= 0.3 is 0 Å². The fourth-order valence-electron chi connectivity index (χ4n) is 3.60. The van der Waals surface area contributed by atoms with E-state index in [0.29, 0.717) is 30.7 Å². The first-order valence-corrected chi connectivity index (χ1v) is 9.05. The van der Waals surface area contributed by atoms with Gasteiger partial charge in [0, 0.05) is 33.5 Å². The predicted molar refractivity (Wildman–Crippen MR) is 93.2 cm³/mol. The van der Waals surface area contributed by atoms with Gasteiger partial charge in [-0.1, -0.05) is 19.3 Å². The number of ether oxygens (including phenoxy) is 1. The van der Waals surface area contributed by atoms with E-state index in [1.807, 2.05) is 23.9 Å². The molecule has 132 valence electrons. The molecule has 3 rings (SSSR count). The molecule has 1 amide bonds. The highest BCUT2D eigenvalue weighted by atomic mass is 16.5. The number of hydrogen-bond acceptors (Lipinski definition) is 5. The number of aromatic nitrogens is 2. The summed E-state index contributed by atoms with van der Waals surface area (Å²) in [5.74, 6) is 2.19. The third-order valence-electron chi connectivity index (χ3n) is 5.03. The van der Waals surface area contributed by atoms with Gasteiger partial charge in [-0.25, -0.2) is 0 Å². The molecule has 1 aromatic heterocycles. The minimum atomic E-state index is 0.0204. The summed E-state index contributed by atoms with van der Waals surface area (Å²) in [7, 11) is 3.85. The van der Waals surface area contributed by atoms with E-state index in [1.54, 1.807) is 12.4 Å². The van der Waals surface area contributed by atoms with Crippen molar-refractivity contribution in [1.29, 1.82) is 0 Å². The lowest BCUT2D eigenvalue weighted by molar-refractivity contribution is -0.131. The molecular weight excluding hydrogens is 304 g/mol. The number of carbonyl (C=O) groups is 1. The smallest absolute Gasteiger partial charge is 0.234 e. The van der Waals surface area contributed by atoms with Crippen LogP contribution in [0.25, 0.3) is 0 Å². The first-order valence-electron chi connectivity index (χ1n) is 9.05. The number of nitrogens with zero attached hydrogens (tertiary/aromatic N) is 4. The summed E-state index contributed by atoms with van der Waals surface area (Å²) in [5, 5.41) is 0. The Morgan fingerprint density at radius 1 is 1.25 bits per heavy atom. The first-order chi connectivity index (χ1) is 11.6. The summed E-state index contributed by atoms with van der Waals surface area (Å²) >= 11 is 0. The van der Waals surface area contributed by atoms with Crippen LogP contribution in [0.2, 0.25) is 0 Å². The molecule has 1 aliphatic heterocycles. The van der Waals surface area contributed by atoms with Crippen molar-refractivity contribution in [3.8, 4) is 5.88 Å². The Hall–Kier alpha value is -1.85. The molecule has 1 atom stereocenters. The molecule has 0 spiro atoms. The molecule has 1 aliphatic carbocycles. The zero-order valence-corrected chi connectivity index (χ0v) is 14.8. The highest BCUT2D eigenvalue weighted by Crippen LogP contribution is 2.28. The van der Waals surface area contributed by atoms with Crippen LogP contribution in [-0.4, -0.2) is 54.1 Å². The van der Waals surface area contributed by atoms with Crippen LogP contribution < -0.4 is 9.64 Å². The molecule has 0 aromatic carbocycles. The molecule has 1 unspecified atom stereocenters. The maximum absolute atomic E-state index is 12.5. The van der Waals surface area contributed by atoms with Crippen molar-refractivity contribution in [2.24, 2.45) is 5.92 Å². The van der Waals surface area contributed by atoms with Crippen LogP contribution in [0.4, 0.5) is 5.82 Å². The van der Waals surface area contributed by atoms with E-state index < -0.39 is 0 Å². The standard InChI is InChI=1S/C18H28N4O2/c1-21(2)16-11-19-12-17(20-16)24-15-8-9-22(13-15)18(23)10-14-6-4-3-5-7-14/h11-12,14-15H,3-10,13H2,1-2H3. The van der Waals surface area contributed by atoms with Crippen molar-refractivity contribution >= 4 is 11.7 Å². The Labute approximate surface area is 144 Å². The first kappa shape index (κ1) is 17.0. The summed E-state index contributed by atoms with van der Waals surface area (Å²) in [5.41, 5.74) is 0. The van der Waals surface area contributed by atoms with Crippen LogP contribution in [0.15, 0.2) is 12.4 Å². The molecule has 1 saturated heterocycles. The van der Waals surface area contributed by atoms with Crippen LogP contribution >= 0.6 is 0 Å². The van der Waals surface area contributed by atoms with E-state index in [9.17, 15) is 4.79 Å². The normalized spacial score (nSPS) is 21.8. The predicted octanol–water partition coefficient (Wildman–Crippen LogP) is 2.49. The Morgan fingerprint density at radius 2 is 2.04 bits per heavy atom. The summed E-state index contributed by atoms with van der Waals surface area (Å²) in [6.45, 7) is 1.45. The molecule has 2 fully saturated rings. The molecule has 0 N–H and O–H groups in total. The summed E-state index contributed by atoms with van der Waals surface area (Å²) in [6, 6.07) is 0. The van der Waals surface area contributed by atoms with Crippen molar-refractivity contribution in [2.75, 3.05) is 32.1 Å². The minimum Gasteiger partial charge on any atom is -0.471 e. The number of amides is 1. The van der Waals surface area contributed by atoms with Crippen LogP contribution in [0.3, 0.4) is 0 Å². The maximum atomic E-state index is 12.5. The van der Waals surface area contributed by atoms with E-state index in [0.717, 1.165) is 18.8 Å². The molecule has 6 nitrogen and oxygen atoms in total. The highest BCUT2D eigenvalue weighted by molar-refractivity contribution is 5.76. The number of likely N-dealkylation sites (tertiary alicyclic amines) is 1. The van der Waals surface area contributed by atoms with E-state index >= 15 is 0 Å². The Morgan fingerprint density at radius 3 is 2.79 bits per heavy atom. The van der Waals surface area contributed by atoms with Gasteiger partial charge in [0.25, 0.3) is 0 Å². The van der Waals surface area contributed by atoms with Crippen molar-refractivity contribution in [1.82, 2.24) is 14.9 Å². The second kappa shape index (κ2) is 7.81. The van der Waals surface area contributed by atoms with E-state index in [-0.39, 0.29) is 6.10 Å². The number of hydrogen-bond donors (Lipinski definition) is 0. The molecule has 1 aromatic rings. The third kappa shape index (κ3) is 4.36. The number of anilines is 1. The Balaban J connectivity index is 1.49. The van der Waals surface area contributed by atoms with Crippen LogP contribution in [0.1, 0.15) is 44.9 Å². The van der Waals surface area contributed by atoms with Crippen molar-refractivity contribution in [3.63, 3.8) is 0 Å². The number of carbonyl (C=O) groups excluding carboxylic acids is 1. The van der Waals surface area contributed by atoms with Gasteiger partial charge in [0.2, 0.25) is 11.8 Å². The lowest BCUT2D eigenvalue weighted by Crippen LogP contribution is -2.32. The van der Waals surface area contributed by atoms with Gasteiger partial charge in [-0.05, 0) is 18.8 Å². The molecule has 2 heterocycles. The summed E-state index contributed by atoms with van der Waals surface area (Å²) in [4.78, 5) is 25.0. The molecule has 0 radical (unpaired) electrons. The zero-order valence-electron chi connectivity index (χ0n) is 14.8. The highest BCUT2D eigenvalue weighted by Gasteiger charge is 2.29. The molecule has 24 heavy (non-hydrogen) atoms. The molecule has 1 saturated carbocycles. The van der Waals surface area contributed by atoms with Gasteiger partial charge in [0.15, 0.2) is 5.82 Å². The second-order valence-corrected chi connectivity index (χ2v) is 7.19. The molecule has 2 aliphatic rings. The Bertz CT molecular complexity index is 558. The molecule has 6 heteroatoms. The minimum absolute atomic E-state index is 0.0204. The van der Waals surface area contributed by atoms with Gasteiger partial charge in [-0.3, -0.25) is 9.78 Å². The van der Waals surface area contributed by atoms with Crippen LogP contribution in [0.5, 0.6) is 5.88 Å². The van der Waals surface area contributed by atoms with Crippen molar-refractivity contribution < 1.29 is 9.53 Å². The fraction of sp³-hybridized carbons (Fsp3) is 0.722. The largest absolute Gasteiger partial charge is 0.471 e. The average Bonchev–Trinajstić information content (AvgIpc) is 3.04. The lowest BCUT2D eigenvalue weighted by Gasteiger charge is -2.24. The van der Waals surface area contributed by atoms with Gasteiger partial charge in [-0.15, -0.1) is 0 Å². The molecular formula is C18H28N4O2.